The monoisotopic (exact) mass is 437 g/mol. The molecular weight excluding hydrogens is 409 g/mol. The third kappa shape index (κ3) is 4.20. The predicted molar refractivity (Wildman–Crippen MR) is 122 cm³/mol. The van der Waals surface area contributed by atoms with Crippen molar-refractivity contribution in [2.75, 3.05) is 38.7 Å². The van der Waals surface area contributed by atoms with Crippen LogP contribution < -0.4 is 20.1 Å². The Morgan fingerprint density at radius 3 is 2.88 bits per heavy atom. The molecule has 2 aliphatic rings. The minimum atomic E-state index is -0.235. The summed E-state index contributed by atoms with van der Waals surface area (Å²) >= 11 is 0. The first-order valence-corrected chi connectivity index (χ1v) is 11.1. The van der Waals surface area contributed by atoms with E-state index in [9.17, 15) is 4.39 Å². The van der Waals surface area contributed by atoms with E-state index in [2.05, 4.69) is 25.5 Å². The van der Waals surface area contributed by atoms with Crippen LogP contribution in [0.5, 0.6) is 11.5 Å². The lowest BCUT2D eigenvalue weighted by molar-refractivity contribution is 0.200. The summed E-state index contributed by atoms with van der Waals surface area (Å²) < 4.78 is 25.3. The first-order chi connectivity index (χ1) is 15.6. The molecule has 3 heterocycles. The highest BCUT2D eigenvalue weighted by Gasteiger charge is 2.36. The van der Waals surface area contributed by atoms with Crippen LogP contribution in [-0.2, 0) is 0 Å². The first kappa shape index (κ1) is 20.9. The number of benzene rings is 2. The normalized spacial score (nSPS) is 20.1. The van der Waals surface area contributed by atoms with E-state index in [0.29, 0.717) is 41.6 Å². The minimum Gasteiger partial charge on any atom is -0.493 e. The fraction of sp³-hybridized carbons (Fsp3) is 0.417. The Kier molecular flexibility index (Phi) is 5.80. The highest BCUT2D eigenvalue weighted by Crippen LogP contribution is 2.35. The third-order valence-electron chi connectivity index (χ3n) is 6.36. The van der Waals surface area contributed by atoms with Crippen LogP contribution in [0.4, 0.5) is 15.9 Å². The van der Waals surface area contributed by atoms with Gasteiger partial charge in [-0.3, -0.25) is 4.90 Å². The smallest absolute Gasteiger partial charge is 0.162 e. The average molecular weight is 438 g/mol. The average Bonchev–Trinajstić information content (AvgIpc) is 3.42. The Bertz CT molecular complexity index is 1120. The van der Waals surface area contributed by atoms with Gasteiger partial charge in [0.15, 0.2) is 11.5 Å². The van der Waals surface area contributed by atoms with E-state index >= 15 is 0 Å². The largest absolute Gasteiger partial charge is 0.493 e. The van der Waals surface area contributed by atoms with Crippen LogP contribution in [0.3, 0.4) is 0 Å². The molecule has 0 amide bonds. The molecule has 1 aromatic heterocycles. The van der Waals surface area contributed by atoms with Crippen LogP contribution in [0.15, 0.2) is 36.7 Å². The van der Waals surface area contributed by atoms with E-state index in [-0.39, 0.29) is 5.82 Å². The summed E-state index contributed by atoms with van der Waals surface area (Å²) in [5.74, 6) is 1.71. The van der Waals surface area contributed by atoms with Crippen molar-refractivity contribution in [1.82, 2.24) is 20.2 Å². The van der Waals surface area contributed by atoms with Gasteiger partial charge in [0.1, 0.15) is 18.0 Å². The number of likely N-dealkylation sites (tertiary alicyclic amines) is 1. The number of ether oxygens (including phenoxy) is 2. The number of nitrogens with one attached hydrogen (secondary N) is 2. The Labute approximate surface area is 186 Å². The van der Waals surface area contributed by atoms with Gasteiger partial charge in [-0.05, 0) is 49.6 Å². The van der Waals surface area contributed by atoms with Gasteiger partial charge in [0.25, 0.3) is 0 Å². The number of aryl methyl sites for hydroxylation is 1. The zero-order chi connectivity index (χ0) is 22.1. The molecule has 3 aromatic rings. The van der Waals surface area contributed by atoms with Gasteiger partial charge in [0, 0.05) is 48.9 Å². The third-order valence-corrected chi connectivity index (χ3v) is 6.36. The van der Waals surface area contributed by atoms with Gasteiger partial charge in [-0.2, -0.15) is 0 Å². The molecule has 168 valence electrons. The lowest BCUT2D eigenvalue weighted by Crippen LogP contribution is -2.44. The molecule has 32 heavy (non-hydrogen) atoms. The van der Waals surface area contributed by atoms with Gasteiger partial charge in [-0.15, -0.1) is 0 Å². The Balaban J connectivity index is 1.31. The van der Waals surface area contributed by atoms with Gasteiger partial charge in [-0.25, -0.2) is 14.4 Å². The summed E-state index contributed by atoms with van der Waals surface area (Å²) in [7, 11) is 1.63. The zero-order valence-electron chi connectivity index (χ0n) is 18.4. The highest BCUT2D eigenvalue weighted by atomic mass is 19.1. The maximum absolute atomic E-state index is 13.6. The Morgan fingerprint density at radius 2 is 2.12 bits per heavy atom. The van der Waals surface area contributed by atoms with Gasteiger partial charge < -0.3 is 20.1 Å². The molecule has 0 aliphatic carbocycles. The number of nitrogens with zero attached hydrogens (tertiary/aromatic N) is 3. The molecule has 2 N–H and O–H groups in total. The summed E-state index contributed by atoms with van der Waals surface area (Å²) in [5, 5.41) is 7.62. The van der Waals surface area contributed by atoms with Crippen molar-refractivity contribution in [3.63, 3.8) is 0 Å². The number of rotatable bonds is 8. The molecule has 0 saturated carbocycles. The minimum absolute atomic E-state index is 0.235. The van der Waals surface area contributed by atoms with Crippen LogP contribution >= 0.6 is 0 Å². The van der Waals surface area contributed by atoms with E-state index in [1.165, 1.54) is 18.8 Å². The maximum atomic E-state index is 13.6. The second kappa shape index (κ2) is 8.88. The van der Waals surface area contributed by atoms with Gasteiger partial charge in [-0.1, -0.05) is 0 Å². The van der Waals surface area contributed by atoms with Gasteiger partial charge in [0.2, 0.25) is 0 Å². The van der Waals surface area contributed by atoms with Crippen LogP contribution in [0.2, 0.25) is 0 Å². The van der Waals surface area contributed by atoms with E-state index in [1.54, 1.807) is 26.2 Å². The molecule has 8 heteroatoms. The second-order valence-electron chi connectivity index (χ2n) is 8.52. The van der Waals surface area contributed by atoms with Crippen molar-refractivity contribution in [3.05, 3.63) is 48.0 Å². The molecule has 7 nitrogen and oxygen atoms in total. The lowest BCUT2D eigenvalue weighted by atomic mass is 10.2. The standard InChI is InChI=1S/C24H28FN5O2/c1-15-8-16(4-5-20(15)25)29-24-19-10-23(22(31-2)11-21(19)27-14-28-24)32-7-3-6-30-13-17-9-18(30)12-26-17/h4-5,8,10-11,14,17-18,26H,3,6-7,9,12-13H2,1-2H3,(H,27,28,29). The fourth-order valence-electron chi connectivity index (χ4n) is 4.67. The molecule has 2 bridgehead atoms. The lowest BCUT2D eigenvalue weighted by Gasteiger charge is -2.27. The van der Waals surface area contributed by atoms with Crippen LogP contribution in [0, 0.1) is 12.7 Å². The van der Waals surface area contributed by atoms with E-state index < -0.39 is 0 Å². The fourth-order valence-corrected chi connectivity index (χ4v) is 4.67. The number of anilines is 2. The van der Waals surface area contributed by atoms with E-state index in [1.807, 2.05) is 12.1 Å². The molecule has 2 aromatic carbocycles. The van der Waals surface area contributed by atoms with Gasteiger partial charge in [0.05, 0.1) is 19.2 Å². The molecule has 2 saturated heterocycles. The van der Waals surface area contributed by atoms with Crippen LogP contribution in [0.1, 0.15) is 18.4 Å². The van der Waals surface area contributed by atoms with E-state index in [0.717, 1.165) is 42.6 Å². The topological polar surface area (TPSA) is 71.5 Å². The molecule has 2 atom stereocenters. The summed E-state index contributed by atoms with van der Waals surface area (Å²) in [6, 6.07) is 10.0. The van der Waals surface area contributed by atoms with Crippen molar-refractivity contribution < 1.29 is 13.9 Å². The summed E-state index contributed by atoms with van der Waals surface area (Å²) in [6.45, 7) is 5.63. The number of methoxy groups -OCH3 is 1. The molecule has 5 rings (SSSR count). The van der Waals surface area contributed by atoms with Crippen molar-refractivity contribution in [2.24, 2.45) is 0 Å². The number of aromatic nitrogens is 2. The molecule has 2 aliphatic heterocycles. The Hall–Kier alpha value is -2.97. The number of hydrogen-bond donors (Lipinski definition) is 2. The van der Waals surface area contributed by atoms with Crippen LogP contribution in [0.25, 0.3) is 10.9 Å². The van der Waals surface area contributed by atoms with E-state index in [4.69, 9.17) is 9.47 Å². The second-order valence-corrected chi connectivity index (χ2v) is 8.52. The quantitative estimate of drug-likeness (QED) is 0.521. The number of fused-ring (bicyclic) bond motifs is 3. The summed E-state index contributed by atoms with van der Waals surface area (Å²) in [4.78, 5) is 11.3. The number of hydrogen-bond acceptors (Lipinski definition) is 7. The first-order valence-electron chi connectivity index (χ1n) is 11.1. The maximum Gasteiger partial charge on any atom is 0.162 e. The molecule has 0 radical (unpaired) electrons. The van der Waals surface area contributed by atoms with Crippen molar-refractivity contribution >= 4 is 22.4 Å². The molecule has 2 fully saturated rings. The zero-order valence-corrected chi connectivity index (χ0v) is 18.4. The Morgan fingerprint density at radius 1 is 1.22 bits per heavy atom. The van der Waals surface area contributed by atoms with Crippen molar-refractivity contribution in [1.29, 1.82) is 0 Å². The van der Waals surface area contributed by atoms with Crippen LogP contribution in [-0.4, -0.2) is 60.3 Å². The van der Waals surface area contributed by atoms with Crippen molar-refractivity contribution in [3.8, 4) is 11.5 Å². The van der Waals surface area contributed by atoms with Crippen molar-refractivity contribution in [2.45, 2.75) is 31.8 Å². The predicted octanol–water partition coefficient (Wildman–Crippen LogP) is 3.64. The number of piperazine rings is 1. The molecular formula is C24H28FN5O2. The summed E-state index contributed by atoms with van der Waals surface area (Å²) in [5.41, 5.74) is 2.07. The highest BCUT2D eigenvalue weighted by molar-refractivity contribution is 5.93. The summed E-state index contributed by atoms with van der Waals surface area (Å²) in [6.07, 6.45) is 3.72. The molecule has 2 unspecified atom stereocenters. The van der Waals surface area contributed by atoms with Gasteiger partial charge >= 0.3 is 0 Å². The number of halogens is 1. The SMILES string of the molecule is COc1cc2ncnc(Nc3ccc(F)c(C)c3)c2cc1OCCCN1CC2CC1CN2. The molecule has 0 spiro atoms.